The molecule has 0 aliphatic heterocycles. The molecule has 7 nitrogen and oxygen atoms in total. The van der Waals surface area contributed by atoms with Crippen molar-refractivity contribution in [2.24, 2.45) is 0 Å². The number of carbonyl (C=O) groups excluding carboxylic acids is 1. The summed E-state index contributed by atoms with van der Waals surface area (Å²) in [6, 6.07) is 5.81. The van der Waals surface area contributed by atoms with Crippen LogP contribution in [0.1, 0.15) is 25.7 Å². The van der Waals surface area contributed by atoms with Gasteiger partial charge in [0.25, 0.3) is 0 Å². The van der Waals surface area contributed by atoms with Crippen molar-refractivity contribution in [2.75, 3.05) is 13.2 Å². The van der Waals surface area contributed by atoms with Crippen LogP contribution in [-0.2, 0) is 11.2 Å². The lowest BCUT2D eigenvalue weighted by Gasteiger charge is -2.07. The highest BCUT2D eigenvalue weighted by Crippen LogP contribution is 2.10. The summed E-state index contributed by atoms with van der Waals surface area (Å²) in [4.78, 5) is 13.2. The molecule has 1 aromatic carbocycles. The van der Waals surface area contributed by atoms with Crippen molar-refractivity contribution < 1.29 is 13.9 Å². The highest BCUT2D eigenvalue weighted by atomic mass is 19.1. The molecule has 22 heavy (non-hydrogen) atoms. The molecule has 1 N–H and O–H groups in total. The van der Waals surface area contributed by atoms with E-state index in [1.54, 1.807) is 0 Å². The summed E-state index contributed by atoms with van der Waals surface area (Å²) in [5.74, 6) is 0.413. The predicted octanol–water partition coefficient (Wildman–Crippen LogP) is 1.13. The molecule has 118 valence electrons. The minimum Gasteiger partial charge on any atom is -0.492 e. The number of hydrogen-bond acceptors (Lipinski definition) is 5. The second kappa shape index (κ2) is 7.48. The van der Waals surface area contributed by atoms with Gasteiger partial charge in [0.05, 0.1) is 19.0 Å². The Kier molecular flexibility index (Phi) is 5.40. The average Bonchev–Trinajstić information content (AvgIpc) is 2.94. The van der Waals surface area contributed by atoms with Crippen molar-refractivity contribution >= 4 is 5.91 Å². The number of rotatable bonds is 7. The van der Waals surface area contributed by atoms with E-state index in [1.165, 1.54) is 29.1 Å². The van der Waals surface area contributed by atoms with Gasteiger partial charge in [0.2, 0.25) is 5.91 Å². The van der Waals surface area contributed by atoms with Gasteiger partial charge < -0.3 is 10.1 Å². The Balaban J connectivity index is 1.68. The van der Waals surface area contributed by atoms with Crippen molar-refractivity contribution in [1.29, 1.82) is 0 Å². The first-order valence-corrected chi connectivity index (χ1v) is 6.98. The number of halogens is 1. The molecule has 8 heteroatoms. The zero-order valence-electron chi connectivity index (χ0n) is 12.5. The van der Waals surface area contributed by atoms with Crippen molar-refractivity contribution in [2.45, 2.75) is 26.3 Å². The van der Waals surface area contributed by atoms with Gasteiger partial charge in [-0.05, 0) is 43.3 Å². The molecular formula is C14H18FN5O2. The lowest BCUT2D eigenvalue weighted by Crippen LogP contribution is -2.29. The Labute approximate surface area is 127 Å². The molecular weight excluding hydrogens is 289 g/mol. The van der Waals surface area contributed by atoms with Crippen LogP contribution >= 0.6 is 0 Å². The molecule has 0 saturated heterocycles. The number of benzene rings is 1. The molecule has 0 aliphatic carbocycles. The molecule has 2 rings (SSSR count). The van der Waals surface area contributed by atoms with Crippen LogP contribution in [0.25, 0.3) is 0 Å². The SMILES string of the molecule is CC(C)n1nnc(CC(=O)NCCOc2ccc(F)cc2)n1. The smallest absolute Gasteiger partial charge is 0.227 e. The molecule has 1 aromatic heterocycles. The minimum atomic E-state index is -0.317. The van der Waals surface area contributed by atoms with Gasteiger partial charge in [-0.3, -0.25) is 4.79 Å². The molecule has 0 unspecified atom stereocenters. The van der Waals surface area contributed by atoms with Gasteiger partial charge in [-0.2, -0.15) is 4.80 Å². The van der Waals surface area contributed by atoms with Crippen molar-refractivity contribution in [3.63, 3.8) is 0 Å². The van der Waals surface area contributed by atoms with Crippen LogP contribution in [-0.4, -0.2) is 39.3 Å². The van der Waals surface area contributed by atoms with E-state index in [0.29, 0.717) is 24.7 Å². The van der Waals surface area contributed by atoms with E-state index in [9.17, 15) is 9.18 Å². The molecule has 0 fully saturated rings. The van der Waals surface area contributed by atoms with Crippen LogP contribution in [0.4, 0.5) is 4.39 Å². The Morgan fingerprint density at radius 2 is 2.09 bits per heavy atom. The minimum absolute atomic E-state index is 0.0727. The third-order valence-corrected chi connectivity index (χ3v) is 2.76. The third kappa shape index (κ3) is 4.80. The summed E-state index contributed by atoms with van der Waals surface area (Å²) >= 11 is 0. The van der Waals surface area contributed by atoms with Crippen LogP contribution in [0.2, 0.25) is 0 Å². The zero-order chi connectivity index (χ0) is 15.9. The number of tetrazole rings is 1. The molecule has 1 amide bonds. The van der Waals surface area contributed by atoms with Crippen LogP contribution < -0.4 is 10.1 Å². The van der Waals surface area contributed by atoms with Crippen LogP contribution in [0.15, 0.2) is 24.3 Å². The van der Waals surface area contributed by atoms with Gasteiger partial charge >= 0.3 is 0 Å². The molecule has 2 aromatic rings. The summed E-state index contributed by atoms with van der Waals surface area (Å²) in [7, 11) is 0. The summed E-state index contributed by atoms with van der Waals surface area (Å²) in [6.07, 6.45) is 0.0727. The van der Waals surface area contributed by atoms with Crippen molar-refractivity contribution in [1.82, 2.24) is 25.5 Å². The topological polar surface area (TPSA) is 81.9 Å². The van der Waals surface area contributed by atoms with E-state index in [-0.39, 0.29) is 24.2 Å². The van der Waals surface area contributed by atoms with Crippen LogP contribution in [0.3, 0.4) is 0 Å². The Hall–Kier alpha value is -2.51. The second-order valence-corrected chi connectivity index (χ2v) is 4.95. The Bertz CT molecular complexity index is 612. The van der Waals surface area contributed by atoms with Crippen molar-refractivity contribution in [3.05, 3.63) is 35.9 Å². The van der Waals surface area contributed by atoms with E-state index < -0.39 is 0 Å². The molecule has 0 radical (unpaired) electrons. The lowest BCUT2D eigenvalue weighted by atomic mass is 10.3. The van der Waals surface area contributed by atoms with Gasteiger partial charge in [-0.1, -0.05) is 0 Å². The summed E-state index contributed by atoms with van der Waals surface area (Å²) in [5.41, 5.74) is 0. The number of hydrogen-bond donors (Lipinski definition) is 1. The quantitative estimate of drug-likeness (QED) is 0.775. The van der Waals surface area contributed by atoms with Gasteiger partial charge in [-0.25, -0.2) is 4.39 Å². The fourth-order valence-electron chi connectivity index (χ4n) is 1.64. The number of nitrogens with zero attached hydrogens (tertiary/aromatic N) is 4. The monoisotopic (exact) mass is 307 g/mol. The van der Waals surface area contributed by atoms with Crippen LogP contribution in [0.5, 0.6) is 5.75 Å². The fraction of sp³-hybridized carbons (Fsp3) is 0.429. The Morgan fingerprint density at radius 3 is 2.73 bits per heavy atom. The average molecular weight is 307 g/mol. The summed E-state index contributed by atoms with van der Waals surface area (Å²) in [6.45, 7) is 4.49. The largest absolute Gasteiger partial charge is 0.492 e. The molecule has 0 spiro atoms. The first kappa shape index (κ1) is 15.9. The first-order valence-electron chi connectivity index (χ1n) is 6.98. The van der Waals surface area contributed by atoms with Gasteiger partial charge in [0.15, 0.2) is 5.82 Å². The number of amides is 1. The van der Waals surface area contributed by atoms with E-state index >= 15 is 0 Å². The molecule has 0 saturated carbocycles. The normalized spacial score (nSPS) is 10.7. The Morgan fingerprint density at radius 1 is 1.36 bits per heavy atom. The van der Waals surface area contributed by atoms with E-state index in [0.717, 1.165) is 0 Å². The summed E-state index contributed by atoms with van der Waals surface area (Å²) in [5, 5.41) is 14.5. The molecule has 0 atom stereocenters. The van der Waals surface area contributed by atoms with E-state index in [2.05, 4.69) is 20.7 Å². The third-order valence-electron chi connectivity index (χ3n) is 2.76. The highest BCUT2D eigenvalue weighted by Gasteiger charge is 2.10. The predicted molar refractivity (Wildman–Crippen MR) is 76.8 cm³/mol. The maximum absolute atomic E-state index is 12.7. The maximum Gasteiger partial charge on any atom is 0.227 e. The van der Waals surface area contributed by atoms with Gasteiger partial charge in [-0.15, -0.1) is 10.2 Å². The number of ether oxygens (including phenoxy) is 1. The molecule has 1 heterocycles. The standard InChI is InChI=1S/C14H18FN5O2/c1-10(2)20-18-13(17-19-20)9-14(21)16-7-8-22-12-5-3-11(15)4-6-12/h3-6,10H,7-9H2,1-2H3,(H,16,21). The second-order valence-electron chi connectivity index (χ2n) is 4.95. The fourth-order valence-corrected chi connectivity index (χ4v) is 1.64. The van der Waals surface area contributed by atoms with Gasteiger partial charge in [0, 0.05) is 0 Å². The zero-order valence-corrected chi connectivity index (χ0v) is 12.5. The first-order chi connectivity index (χ1) is 10.5. The number of carbonyl (C=O) groups is 1. The van der Waals surface area contributed by atoms with Gasteiger partial charge in [0.1, 0.15) is 18.2 Å². The summed E-state index contributed by atoms with van der Waals surface area (Å²) < 4.78 is 18.1. The van der Waals surface area contributed by atoms with E-state index in [4.69, 9.17) is 4.74 Å². The lowest BCUT2D eigenvalue weighted by molar-refractivity contribution is -0.120. The highest BCUT2D eigenvalue weighted by molar-refractivity contribution is 5.77. The van der Waals surface area contributed by atoms with Crippen LogP contribution in [0, 0.1) is 5.82 Å². The number of nitrogens with one attached hydrogen (secondary N) is 1. The molecule has 0 bridgehead atoms. The van der Waals surface area contributed by atoms with E-state index in [1.807, 2.05) is 13.8 Å². The maximum atomic E-state index is 12.7. The molecule has 0 aliphatic rings. The number of aromatic nitrogens is 4. The van der Waals surface area contributed by atoms with Crippen molar-refractivity contribution in [3.8, 4) is 5.75 Å².